The Bertz CT molecular complexity index is 511. The molecule has 122 valence electrons. The lowest BCUT2D eigenvalue weighted by atomic mass is 10.0. The number of benzene rings is 1. The predicted octanol–water partition coefficient (Wildman–Crippen LogP) is 4.00. The molecule has 1 saturated heterocycles. The van der Waals surface area contributed by atoms with Crippen molar-refractivity contribution < 1.29 is 4.79 Å². The first-order valence-electron chi connectivity index (χ1n) is 8.00. The third-order valence-corrected chi connectivity index (χ3v) is 4.83. The molecule has 2 N–H and O–H groups in total. The average molecular weight is 368 g/mol. The molecule has 0 bridgehead atoms. The van der Waals surface area contributed by atoms with Gasteiger partial charge in [0.1, 0.15) is 0 Å². The zero-order valence-electron chi connectivity index (χ0n) is 13.7. The number of anilines is 1. The van der Waals surface area contributed by atoms with Gasteiger partial charge in [0.2, 0.25) is 0 Å². The summed E-state index contributed by atoms with van der Waals surface area (Å²) in [6.45, 7) is 9.81. The Kier molecular flexibility index (Phi) is 6.26. The van der Waals surface area contributed by atoms with E-state index in [9.17, 15) is 4.79 Å². The van der Waals surface area contributed by atoms with Crippen LogP contribution in [0.4, 0.5) is 10.5 Å². The quantitative estimate of drug-likeness (QED) is 0.844. The van der Waals surface area contributed by atoms with Crippen LogP contribution in [0.15, 0.2) is 22.7 Å². The molecule has 0 unspecified atom stereocenters. The van der Waals surface area contributed by atoms with E-state index < -0.39 is 0 Å². The molecule has 0 aliphatic carbocycles. The first-order chi connectivity index (χ1) is 10.4. The van der Waals surface area contributed by atoms with Crippen LogP contribution in [0.3, 0.4) is 0 Å². The van der Waals surface area contributed by atoms with Gasteiger partial charge in [-0.15, -0.1) is 0 Å². The number of likely N-dealkylation sites (tertiary alicyclic amines) is 1. The maximum absolute atomic E-state index is 12.1. The number of piperidine rings is 1. The largest absolute Gasteiger partial charge is 0.335 e. The molecule has 4 nitrogen and oxygen atoms in total. The van der Waals surface area contributed by atoms with Gasteiger partial charge in [0, 0.05) is 35.8 Å². The van der Waals surface area contributed by atoms with E-state index in [1.54, 1.807) is 0 Å². The van der Waals surface area contributed by atoms with Gasteiger partial charge in [0.25, 0.3) is 0 Å². The first-order valence-corrected chi connectivity index (χ1v) is 8.79. The maximum Gasteiger partial charge on any atom is 0.319 e. The monoisotopic (exact) mass is 367 g/mol. The molecule has 0 radical (unpaired) electrons. The third-order valence-electron chi connectivity index (χ3n) is 3.98. The standard InChI is InChI=1S/C17H26BrN3O/c1-12(2)11-21-8-6-14(7-9-21)19-17(22)20-15-5-4-13(3)16(18)10-15/h4-5,10,12,14H,6-9,11H2,1-3H3,(H2,19,20,22). The highest BCUT2D eigenvalue weighted by Crippen LogP contribution is 2.20. The van der Waals surface area contributed by atoms with Gasteiger partial charge < -0.3 is 15.5 Å². The van der Waals surface area contributed by atoms with Crippen LogP contribution in [0.25, 0.3) is 0 Å². The molecule has 1 heterocycles. The number of hydrogen-bond donors (Lipinski definition) is 2. The fourth-order valence-electron chi connectivity index (χ4n) is 2.80. The minimum absolute atomic E-state index is 0.113. The summed E-state index contributed by atoms with van der Waals surface area (Å²) in [6.07, 6.45) is 2.05. The van der Waals surface area contributed by atoms with Gasteiger partial charge in [-0.3, -0.25) is 0 Å². The van der Waals surface area contributed by atoms with Crippen molar-refractivity contribution in [3.05, 3.63) is 28.2 Å². The molecule has 1 aliphatic rings. The van der Waals surface area contributed by atoms with Crippen LogP contribution >= 0.6 is 15.9 Å². The van der Waals surface area contributed by atoms with E-state index in [2.05, 4.69) is 45.3 Å². The van der Waals surface area contributed by atoms with E-state index in [0.717, 1.165) is 48.2 Å². The molecule has 0 saturated carbocycles. The second-order valence-corrected chi connectivity index (χ2v) is 7.39. The predicted molar refractivity (Wildman–Crippen MR) is 95.3 cm³/mol. The van der Waals surface area contributed by atoms with Crippen molar-refractivity contribution >= 4 is 27.6 Å². The molecule has 1 aromatic rings. The number of amides is 2. The molecular formula is C17H26BrN3O. The maximum atomic E-state index is 12.1. The molecule has 0 atom stereocenters. The summed E-state index contributed by atoms with van der Waals surface area (Å²) >= 11 is 3.48. The van der Waals surface area contributed by atoms with Crippen LogP contribution in [-0.2, 0) is 0 Å². The lowest BCUT2D eigenvalue weighted by molar-refractivity contribution is 0.180. The van der Waals surface area contributed by atoms with E-state index in [1.807, 2.05) is 25.1 Å². The molecular weight excluding hydrogens is 342 g/mol. The SMILES string of the molecule is Cc1ccc(NC(=O)NC2CCN(CC(C)C)CC2)cc1Br. The summed E-state index contributed by atoms with van der Waals surface area (Å²) < 4.78 is 1.01. The van der Waals surface area contributed by atoms with Gasteiger partial charge in [-0.1, -0.05) is 35.8 Å². The molecule has 22 heavy (non-hydrogen) atoms. The topological polar surface area (TPSA) is 44.4 Å². The van der Waals surface area contributed by atoms with E-state index in [4.69, 9.17) is 0 Å². The minimum Gasteiger partial charge on any atom is -0.335 e. The fourth-order valence-corrected chi connectivity index (χ4v) is 3.18. The van der Waals surface area contributed by atoms with Gasteiger partial charge >= 0.3 is 6.03 Å². The second kappa shape index (κ2) is 7.97. The lowest BCUT2D eigenvalue weighted by Crippen LogP contribution is -2.46. The van der Waals surface area contributed by atoms with Crippen molar-refractivity contribution in [3.63, 3.8) is 0 Å². The summed E-state index contributed by atoms with van der Waals surface area (Å²) in [5.41, 5.74) is 1.97. The van der Waals surface area contributed by atoms with Gasteiger partial charge in [-0.2, -0.15) is 0 Å². The molecule has 0 aromatic heterocycles. The molecule has 0 spiro atoms. The number of aryl methyl sites for hydroxylation is 1. The van der Waals surface area contributed by atoms with Crippen molar-refractivity contribution in [1.82, 2.24) is 10.2 Å². The van der Waals surface area contributed by atoms with Crippen molar-refractivity contribution in [2.45, 2.75) is 39.7 Å². The summed E-state index contributed by atoms with van der Waals surface area (Å²) in [4.78, 5) is 14.6. The Hall–Kier alpha value is -1.07. The number of halogens is 1. The Balaban J connectivity index is 1.77. The van der Waals surface area contributed by atoms with Crippen LogP contribution < -0.4 is 10.6 Å². The minimum atomic E-state index is -0.113. The molecule has 1 fully saturated rings. The summed E-state index contributed by atoms with van der Waals surface area (Å²) in [5, 5.41) is 5.99. The van der Waals surface area contributed by atoms with Crippen LogP contribution in [0.1, 0.15) is 32.3 Å². The molecule has 5 heteroatoms. The van der Waals surface area contributed by atoms with Crippen LogP contribution in [0.2, 0.25) is 0 Å². The zero-order chi connectivity index (χ0) is 16.1. The van der Waals surface area contributed by atoms with Gasteiger partial charge in [-0.05, 0) is 43.4 Å². The van der Waals surface area contributed by atoms with Crippen molar-refractivity contribution in [2.75, 3.05) is 25.0 Å². The van der Waals surface area contributed by atoms with Gasteiger partial charge in [0.15, 0.2) is 0 Å². The normalized spacial score (nSPS) is 16.8. The first kappa shape index (κ1) is 17.3. The highest BCUT2D eigenvalue weighted by molar-refractivity contribution is 9.10. The Morgan fingerprint density at radius 1 is 1.36 bits per heavy atom. The molecule has 2 amide bonds. The molecule has 1 aliphatic heterocycles. The fraction of sp³-hybridized carbons (Fsp3) is 0.588. The molecule has 2 rings (SSSR count). The van der Waals surface area contributed by atoms with Crippen LogP contribution in [-0.4, -0.2) is 36.6 Å². The number of hydrogen-bond acceptors (Lipinski definition) is 2. The number of carbonyl (C=O) groups is 1. The Morgan fingerprint density at radius 3 is 2.64 bits per heavy atom. The zero-order valence-corrected chi connectivity index (χ0v) is 15.2. The smallest absolute Gasteiger partial charge is 0.319 e. The van der Waals surface area contributed by atoms with E-state index >= 15 is 0 Å². The average Bonchev–Trinajstić information content (AvgIpc) is 2.44. The summed E-state index contributed by atoms with van der Waals surface area (Å²) in [5.74, 6) is 0.702. The third kappa shape index (κ3) is 5.29. The van der Waals surface area contributed by atoms with Crippen molar-refractivity contribution in [2.24, 2.45) is 5.92 Å². The van der Waals surface area contributed by atoms with E-state index in [-0.39, 0.29) is 12.1 Å². The molecule has 1 aromatic carbocycles. The number of carbonyl (C=O) groups excluding carboxylic acids is 1. The number of rotatable bonds is 4. The number of nitrogens with one attached hydrogen (secondary N) is 2. The number of nitrogens with zero attached hydrogens (tertiary/aromatic N) is 1. The number of urea groups is 1. The van der Waals surface area contributed by atoms with Crippen LogP contribution in [0, 0.1) is 12.8 Å². The highest BCUT2D eigenvalue weighted by atomic mass is 79.9. The summed E-state index contributed by atoms with van der Waals surface area (Å²) in [6, 6.07) is 6.00. The Labute approximate surface area is 141 Å². The Morgan fingerprint density at radius 2 is 2.05 bits per heavy atom. The van der Waals surface area contributed by atoms with E-state index in [0.29, 0.717) is 5.92 Å². The van der Waals surface area contributed by atoms with Gasteiger partial charge in [-0.25, -0.2) is 4.79 Å². The second-order valence-electron chi connectivity index (χ2n) is 6.53. The summed E-state index contributed by atoms with van der Waals surface area (Å²) in [7, 11) is 0. The van der Waals surface area contributed by atoms with Crippen molar-refractivity contribution in [1.29, 1.82) is 0 Å². The van der Waals surface area contributed by atoms with Crippen LogP contribution in [0.5, 0.6) is 0 Å². The lowest BCUT2D eigenvalue weighted by Gasteiger charge is -2.33. The van der Waals surface area contributed by atoms with E-state index in [1.165, 1.54) is 0 Å². The highest BCUT2D eigenvalue weighted by Gasteiger charge is 2.20. The van der Waals surface area contributed by atoms with Gasteiger partial charge in [0.05, 0.1) is 0 Å². The van der Waals surface area contributed by atoms with Crippen molar-refractivity contribution in [3.8, 4) is 0 Å².